The van der Waals surface area contributed by atoms with Gasteiger partial charge in [0, 0.05) is 44.2 Å². The molecule has 27 heavy (non-hydrogen) atoms. The molecule has 1 amide bonds. The molecule has 7 heteroatoms. The van der Waals surface area contributed by atoms with E-state index in [1.165, 1.54) is 0 Å². The summed E-state index contributed by atoms with van der Waals surface area (Å²) in [7, 11) is 1.65. The number of hydrogen-bond acceptors (Lipinski definition) is 5. The van der Waals surface area contributed by atoms with Gasteiger partial charge in [-0.2, -0.15) is 5.10 Å². The van der Waals surface area contributed by atoms with Gasteiger partial charge in [0.15, 0.2) is 0 Å². The summed E-state index contributed by atoms with van der Waals surface area (Å²) in [5.74, 6) is 1.96. The molecule has 0 bridgehead atoms. The number of fused-ring (bicyclic) bond motifs is 1. The molecule has 1 aliphatic heterocycles. The van der Waals surface area contributed by atoms with Crippen molar-refractivity contribution in [2.45, 2.75) is 13.0 Å². The standard InChI is InChI=1S/C20H23N5O2/c1-27-17-5-6-18-16(14-17)15-22-25(18)9-7-20(26)24-12-10-23(11-13-24)19-4-2-3-8-21-19/h2-6,8,14-15H,7,9-13H2,1H3. The van der Waals surface area contributed by atoms with E-state index in [1.807, 2.05) is 52.2 Å². The summed E-state index contributed by atoms with van der Waals surface area (Å²) in [5, 5.41) is 5.43. The van der Waals surface area contributed by atoms with Crippen molar-refractivity contribution in [3.8, 4) is 5.75 Å². The van der Waals surface area contributed by atoms with E-state index in [0.29, 0.717) is 13.0 Å². The summed E-state index contributed by atoms with van der Waals surface area (Å²) < 4.78 is 7.13. The Labute approximate surface area is 158 Å². The summed E-state index contributed by atoms with van der Waals surface area (Å²) in [4.78, 5) is 21.1. The summed E-state index contributed by atoms with van der Waals surface area (Å²) in [6, 6.07) is 11.8. The molecule has 0 unspecified atom stereocenters. The van der Waals surface area contributed by atoms with Crippen LogP contribution in [0, 0.1) is 0 Å². The van der Waals surface area contributed by atoms with Crippen LogP contribution in [0.1, 0.15) is 6.42 Å². The molecule has 3 heterocycles. The van der Waals surface area contributed by atoms with Crippen LogP contribution in [0.15, 0.2) is 48.8 Å². The predicted molar refractivity (Wildman–Crippen MR) is 104 cm³/mol. The average molecular weight is 365 g/mol. The molecule has 0 N–H and O–H groups in total. The van der Waals surface area contributed by atoms with Gasteiger partial charge in [-0.15, -0.1) is 0 Å². The Bertz CT molecular complexity index is 917. The second-order valence-corrected chi connectivity index (χ2v) is 6.60. The van der Waals surface area contributed by atoms with Crippen molar-refractivity contribution >= 4 is 22.6 Å². The number of piperazine rings is 1. The van der Waals surface area contributed by atoms with Crippen molar-refractivity contribution in [1.82, 2.24) is 19.7 Å². The van der Waals surface area contributed by atoms with E-state index >= 15 is 0 Å². The van der Waals surface area contributed by atoms with E-state index < -0.39 is 0 Å². The number of nitrogens with zero attached hydrogens (tertiary/aromatic N) is 5. The molecule has 0 saturated carbocycles. The van der Waals surface area contributed by atoms with Crippen molar-refractivity contribution in [3.63, 3.8) is 0 Å². The van der Waals surface area contributed by atoms with E-state index in [9.17, 15) is 4.79 Å². The second-order valence-electron chi connectivity index (χ2n) is 6.60. The van der Waals surface area contributed by atoms with Crippen molar-refractivity contribution in [3.05, 3.63) is 48.8 Å². The highest BCUT2D eigenvalue weighted by molar-refractivity contribution is 5.81. The zero-order chi connectivity index (χ0) is 18.6. The molecular weight excluding hydrogens is 342 g/mol. The van der Waals surface area contributed by atoms with Crippen LogP contribution >= 0.6 is 0 Å². The number of pyridine rings is 1. The zero-order valence-electron chi connectivity index (χ0n) is 15.4. The van der Waals surface area contributed by atoms with Gasteiger partial charge in [-0.1, -0.05) is 6.07 Å². The molecule has 1 fully saturated rings. The molecule has 0 aliphatic carbocycles. The number of carbonyl (C=O) groups is 1. The van der Waals surface area contributed by atoms with Gasteiger partial charge in [-0.05, 0) is 30.3 Å². The van der Waals surface area contributed by atoms with Crippen molar-refractivity contribution in [2.24, 2.45) is 0 Å². The highest BCUT2D eigenvalue weighted by Crippen LogP contribution is 2.21. The molecule has 140 valence electrons. The predicted octanol–water partition coefficient (Wildman–Crippen LogP) is 2.18. The minimum absolute atomic E-state index is 0.174. The van der Waals surface area contributed by atoms with Gasteiger partial charge in [0.2, 0.25) is 5.91 Å². The van der Waals surface area contributed by atoms with Crippen LogP contribution < -0.4 is 9.64 Å². The number of hydrogen-bond donors (Lipinski definition) is 0. The Morgan fingerprint density at radius 1 is 1.15 bits per heavy atom. The Balaban J connectivity index is 1.33. The average Bonchev–Trinajstić information content (AvgIpc) is 3.15. The Kier molecular flexibility index (Phi) is 4.91. The Hall–Kier alpha value is -3.09. The molecule has 1 saturated heterocycles. The maximum absolute atomic E-state index is 12.6. The van der Waals surface area contributed by atoms with Crippen molar-refractivity contribution in [2.75, 3.05) is 38.2 Å². The fourth-order valence-corrected chi connectivity index (χ4v) is 3.46. The van der Waals surface area contributed by atoms with Gasteiger partial charge >= 0.3 is 0 Å². The largest absolute Gasteiger partial charge is 0.497 e. The lowest BCUT2D eigenvalue weighted by Gasteiger charge is -2.35. The molecule has 0 spiro atoms. The summed E-state index contributed by atoms with van der Waals surface area (Å²) in [6.07, 6.45) is 4.07. The van der Waals surface area contributed by atoms with E-state index in [2.05, 4.69) is 15.0 Å². The fourth-order valence-electron chi connectivity index (χ4n) is 3.46. The summed E-state index contributed by atoms with van der Waals surface area (Å²) in [5.41, 5.74) is 1.02. The third-order valence-corrected chi connectivity index (χ3v) is 4.99. The molecule has 7 nitrogen and oxygen atoms in total. The molecule has 1 aliphatic rings. The van der Waals surface area contributed by atoms with Crippen LogP contribution in [0.3, 0.4) is 0 Å². The fraction of sp³-hybridized carbons (Fsp3) is 0.350. The summed E-state index contributed by atoms with van der Waals surface area (Å²) in [6.45, 7) is 3.66. The number of aryl methyl sites for hydroxylation is 1. The van der Waals surface area contributed by atoms with Crippen LogP contribution in [0.25, 0.3) is 10.9 Å². The molecule has 2 aromatic heterocycles. The van der Waals surface area contributed by atoms with Gasteiger partial charge in [0.1, 0.15) is 11.6 Å². The van der Waals surface area contributed by atoms with E-state index in [4.69, 9.17) is 4.74 Å². The SMILES string of the molecule is COc1ccc2c(cnn2CCC(=O)N2CCN(c3ccccn3)CC2)c1. The first-order valence-electron chi connectivity index (χ1n) is 9.18. The molecular formula is C20H23N5O2. The second kappa shape index (κ2) is 7.65. The number of amides is 1. The number of ether oxygens (including phenoxy) is 1. The number of carbonyl (C=O) groups excluding carboxylic acids is 1. The monoisotopic (exact) mass is 365 g/mol. The van der Waals surface area contributed by atoms with Gasteiger partial charge in [-0.3, -0.25) is 9.48 Å². The maximum atomic E-state index is 12.6. The highest BCUT2D eigenvalue weighted by Gasteiger charge is 2.21. The van der Waals surface area contributed by atoms with Gasteiger partial charge in [-0.25, -0.2) is 4.98 Å². The molecule has 3 aromatic rings. The zero-order valence-corrected chi connectivity index (χ0v) is 15.4. The van der Waals surface area contributed by atoms with Crippen LogP contribution in [0.4, 0.5) is 5.82 Å². The molecule has 0 atom stereocenters. The first kappa shape index (κ1) is 17.3. The maximum Gasteiger partial charge on any atom is 0.224 e. The van der Waals surface area contributed by atoms with E-state index in [0.717, 1.165) is 48.6 Å². The quantitative estimate of drug-likeness (QED) is 0.693. The normalized spacial score (nSPS) is 14.6. The third kappa shape index (κ3) is 3.72. The number of methoxy groups -OCH3 is 1. The third-order valence-electron chi connectivity index (χ3n) is 4.99. The van der Waals surface area contributed by atoms with Crippen molar-refractivity contribution < 1.29 is 9.53 Å². The molecule has 1 aromatic carbocycles. The smallest absolute Gasteiger partial charge is 0.224 e. The van der Waals surface area contributed by atoms with Crippen LogP contribution in [0.5, 0.6) is 5.75 Å². The van der Waals surface area contributed by atoms with Gasteiger partial charge in [0.25, 0.3) is 0 Å². The molecule has 0 radical (unpaired) electrons. The first-order chi connectivity index (χ1) is 13.2. The topological polar surface area (TPSA) is 63.5 Å². The van der Waals surface area contributed by atoms with Gasteiger partial charge in [0.05, 0.1) is 25.4 Å². The van der Waals surface area contributed by atoms with Crippen LogP contribution in [0.2, 0.25) is 0 Å². The number of benzene rings is 1. The number of anilines is 1. The lowest BCUT2D eigenvalue weighted by molar-refractivity contribution is -0.131. The van der Waals surface area contributed by atoms with Crippen LogP contribution in [-0.4, -0.2) is 58.9 Å². The minimum atomic E-state index is 0.174. The minimum Gasteiger partial charge on any atom is -0.497 e. The van der Waals surface area contributed by atoms with E-state index in [-0.39, 0.29) is 5.91 Å². The Morgan fingerprint density at radius 3 is 2.74 bits per heavy atom. The lowest BCUT2D eigenvalue weighted by atomic mass is 10.2. The highest BCUT2D eigenvalue weighted by atomic mass is 16.5. The van der Waals surface area contributed by atoms with Crippen molar-refractivity contribution in [1.29, 1.82) is 0 Å². The summed E-state index contributed by atoms with van der Waals surface area (Å²) >= 11 is 0. The molecule has 4 rings (SSSR count). The Morgan fingerprint density at radius 2 is 2.00 bits per heavy atom. The van der Waals surface area contributed by atoms with Crippen LogP contribution in [-0.2, 0) is 11.3 Å². The first-order valence-corrected chi connectivity index (χ1v) is 9.18. The van der Waals surface area contributed by atoms with Gasteiger partial charge < -0.3 is 14.5 Å². The number of rotatable bonds is 5. The van der Waals surface area contributed by atoms with E-state index in [1.54, 1.807) is 13.3 Å². The lowest BCUT2D eigenvalue weighted by Crippen LogP contribution is -2.49. The number of aromatic nitrogens is 3.